The van der Waals surface area contributed by atoms with Crippen molar-refractivity contribution in [3.63, 3.8) is 0 Å². The number of anilines is 2. The van der Waals surface area contributed by atoms with Gasteiger partial charge in [-0.15, -0.1) is 10.2 Å². The molecule has 1 aromatic heterocycles. The van der Waals surface area contributed by atoms with Crippen LogP contribution >= 0.6 is 43.2 Å². The van der Waals surface area contributed by atoms with Gasteiger partial charge in [-0.05, 0) is 28.1 Å². The van der Waals surface area contributed by atoms with Crippen molar-refractivity contribution in [2.75, 3.05) is 10.6 Å². The first-order valence-corrected chi connectivity index (χ1v) is 7.50. The summed E-state index contributed by atoms with van der Waals surface area (Å²) in [6.07, 6.45) is 0. The fraction of sp³-hybridized carbons (Fsp3) is 0. The van der Waals surface area contributed by atoms with Crippen molar-refractivity contribution in [1.82, 2.24) is 10.2 Å². The first kappa shape index (κ1) is 14.9. The summed E-state index contributed by atoms with van der Waals surface area (Å²) in [6.45, 7) is 0. The topological polar surface area (TPSA) is 104 Å². The largest absolute Gasteiger partial charge is 0.478 e. The highest BCUT2D eigenvalue weighted by Gasteiger charge is 2.17. The molecule has 0 unspecified atom stereocenters. The fourth-order valence-electron chi connectivity index (χ4n) is 1.34. The van der Waals surface area contributed by atoms with Gasteiger partial charge < -0.3 is 10.4 Å². The maximum atomic E-state index is 11.8. The Labute approximate surface area is 133 Å². The van der Waals surface area contributed by atoms with E-state index < -0.39 is 12.0 Å². The highest BCUT2D eigenvalue weighted by Crippen LogP contribution is 2.31. The van der Waals surface area contributed by atoms with Crippen molar-refractivity contribution in [2.24, 2.45) is 0 Å². The molecule has 0 bridgehead atoms. The number of urea groups is 1. The molecule has 2 amide bonds. The average Bonchev–Trinajstić information content (AvgIpc) is 2.84. The summed E-state index contributed by atoms with van der Waals surface area (Å²) in [4.78, 5) is 23.0. The minimum absolute atomic E-state index is 0.0429. The van der Waals surface area contributed by atoms with E-state index in [1.54, 1.807) is 6.07 Å². The van der Waals surface area contributed by atoms with Gasteiger partial charge in [-0.25, -0.2) is 9.59 Å². The number of nitrogens with one attached hydrogen (secondary N) is 2. The number of aromatic carboxylic acids is 1. The van der Waals surface area contributed by atoms with Gasteiger partial charge in [0.05, 0.1) is 11.3 Å². The van der Waals surface area contributed by atoms with Gasteiger partial charge in [-0.3, -0.25) is 5.32 Å². The number of nitrogens with zero attached hydrogens (tertiary/aromatic N) is 2. The van der Waals surface area contributed by atoms with Crippen LogP contribution in [0.3, 0.4) is 0 Å². The highest BCUT2D eigenvalue weighted by molar-refractivity contribution is 9.11. The Bertz CT molecular complexity index is 663. The number of halogens is 2. The standard InChI is InChI=1S/C10H6Br2N4O3S/c11-4-1-5(8(17)18)7(6(12)2-4)14-9(19)15-10-16-13-3-20-10/h1-3H,(H,17,18)(H2,14,15,16,19). The van der Waals surface area contributed by atoms with E-state index in [9.17, 15) is 9.59 Å². The molecule has 20 heavy (non-hydrogen) atoms. The Hall–Kier alpha value is -1.52. The van der Waals surface area contributed by atoms with Crippen molar-refractivity contribution < 1.29 is 14.7 Å². The van der Waals surface area contributed by atoms with Gasteiger partial charge in [0.15, 0.2) is 0 Å². The minimum Gasteiger partial charge on any atom is -0.478 e. The smallest absolute Gasteiger partial charge is 0.337 e. The predicted octanol–water partition coefficient (Wildman–Crippen LogP) is 3.41. The number of aromatic nitrogens is 2. The van der Waals surface area contributed by atoms with E-state index in [1.807, 2.05) is 0 Å². The number of hydrogen-bond acceptors (Lipinski definition) is 5. The first-order chi connectivity index (χ1) is 9.47. The molecule has 0 saturated heterocycles. The van der Waals surface area contributed by atoms with Crippen molar-refractivity contribution in [1.29, 1.82) is 0 Å². The first-order valence-electron chi connectivity index (χ1n) is 5.04. The zero-order valence-corrected chi connectivity index (χ0v) is 13.5. The van der Waals surface area contributed by atoms with E-state index in [4.69, 9.17) is 5.11 Å². The normalized spacial score (nSPS) is 10.1. The van der Waals surface area contributed by atoms with E-state index in [-0.39, 0.29) is 11.3 Å². The lowest BCUT2D eigenvalue weighted by atomic mass is 10.2. The number of carbonyl (C=O) groups is 2. The maximum Gasteiger partial charge on any atom is 0.337 e. The van der Waals surface area contributed by atoms with Gasteiger partial charge >= 0.3 is 12.0 Å². The summed E-state index contributed by atoms with van der Waals surface area (Å²) in [6, 6.07) is 2.42. The van der Waals surface area contributed by atoms with E-state index >= 15 is 0 Å². The van der Waals surface area contributed by atoms with Gasteiger partial charge in [-0.2, -0.15) is 0 Å². The molecule has 0 aliphatic heterocycles. The molecule has 0 saturated carbocycles. The molecule has 0 atom stereocenters. The van der Waals surface area contributed by atoms with Crippen LogP contribution in [0.1, 0.15) is 10.4 Å². The lowest BCUT2D eigenvalue weighted by Crippen LogP contribution is -2.21. The Morgan fingerprint density at radius 2 is 2.00 bits per heavy atom. The zero-order chi connectivity index (χ0) is 14.7. The van der Waals surface area contributed by atoms with Crippen LogP contribution in [0, 0.1) is 0 Å². The molecule has 1 aromatic carbocycles. The Morgan fingerprint density at radius 1 is 1.25 bits per heavy atom. The fourth-order valence-corrected chi connectivity index (χ4v) is 3.10. The molecule has 2 rings (SSSR count). The molecule has 1 heterocycles. The molecule has 0 aliphatic rings. The van der Waals surface area contributed by atoms with E-state index in [1.165, 1.54) is 11.6 Å². The molecule has 3 N–H and O–H groups in total. The lowest BCUT2D eigenvalue weighted by Gasteiger charge is -2.11. The second kappa shape index (κ2) is 6.29. The number of rotatable bonds is 3. The molecular weight excluding hydrogens is 416 g/mol. The number of carboxylic acid groups (broad SMARTS) is 1. The van der Waals surface area contributed by atoms with E-state index in [0.717, 1.165) is 11.3 Å². The summed E-state index contributed by atoms with van der Waals surface area (Å²) in [5, 5.41) is 21.6. The van der Waals surface area contributed by atoms with Crippen LogP contribution in [-0.4, -0.2) is 27.3 Å². The van der Waals surface area contributed by atoms with Gasteiger partial charge in [-0.1, -0.05) is 27.3 Å². The third-order valence-electron chi connectivity index (χ3n) is 2.10. The molecule has 0 fully saturated rings. The van der Waals surface area contributed by atoms with Crippen LogP contribution in [0.15, 0.2) is 26.6 Å². The monoisotopic (exact) mass is 420 g/mol. The molecule has 2 aromatic rings. The molecule has 10 heteroatoms. The number of carboxylic acids is 1. The molecule has 7 nitrogen and oxygen atoms in total. The van der Waals surface area contributed by atoms with Crippen molar-refractivity contribution in [2.45, 2.75) is 0 Å². The van der Waals surface area contributed by atoms with Crippen molar-refractivity contribution in [3.05, 3.63) is 32.2 Å². The average molecular weight is 422 g/mol. The zero-order valence-electron chi connectivity index (χ0n) is 9.55. The minimum atomic E-state index is -1.15. The SMILES string of the molecule is O=C(Nc1nncs1)Nc1c(Br)cc(Br)cc1C(=O)O. The summed E-state index contributed by atoms with van der Waals surface area (Å²) >= 11 is 7.55. The lowest BCUT2D eigenvalue weighted by molar-refractivity contribution is 0.0698. The van der Waals surface area contributed by atoms with Crippen LogP contribution in [0.25, 0.3) is 0 Å². The second-order valence-electron chi connectivity index (χ2n) is 3.44. The summed E-state index contributed by atoms with van der Waals surface area (Å²) in [5.41, 5.74) is 1.58. The highest BCUT2D eigenvalue weighted by atomic mass is 79.9. The number of benzene rings is 1. The molecular formula is C10H6Br2N4O3S. The molecule has 0 spiro atoms. The number of hydrogen-bond donors (Lipinski definition) is 3. The number of amides is 2. The van der Waals surface area contributed by atoms with Crippen LogP contribution in [-0.2, 0) is 0 Å². The summed E-state index contributed by atoms with van der Waals surface area (Å²) in [5.74, 6) is -1.15. The van der Waals surface area contributed by atoms with Crippen molar-refractivity contribution >= 4 is 66.0 Å². The number of carbonyl (C=O) groups excluding carboxylic acids is 1. The molecule has 0 radical (unpaired) electrons. The van der Waals surface area contributed by atoms with Crippen LogP contribution in [0.5, 0.6) is 0 Å². The maximum absolute atomic E-state index is 11.8. The van der Waals surface area contributed by atoms with Gasteiger partial charge in [0, 0.05) is 8.95 Å². The van der Waals surface area contributed by atoms with E-state index in [0.29, 0.717) is 14.1 Å². The third kappa shape index (κ3) is 3.52. The Kier molecular flexibility index (Phi) is 4.68. The van der Waals surface area contributed by atoms with Gasteiger partial charge in [0.2, 0.25) is 5.13 Å². The summed E-state index contributed by atoms with van der Waals surface area (Å²) in [7, 11) is 0. The Balaban J connectivity index is 2.24. The quantitative estimate of drug-likeness (QED) is 0.704. The van der Waals surface area contributed by atoms with E-state index in [2.05, 4.69) is 52.7 Å². The molecule has 104 valence electrons. The molecule has 0 aliphatic carbocycles. The van der Waals surface area contributed by atoms with Crippen LogP contribution < -0.4 is 10.6 Å². The second-order valence-corrected chi connectivity index (χ2v) is 6.04. The Morgan fingerprint density at radius 3 is 2.60 bits per heavy atom. The van der Waals surface area contributed by atoms with Crippen LogP contribution in [0.4, 0.5) is 15.6 Å². The predicted molar refractivity (Wildman–Crippen MR) is 81.4 cm³/mol. The van der Waals surface area contributed by atoms with Crippen LogP contribution in [0.2, 0.25) is 0 Å². The van der Waals surface area contributed by atoms with Gasteiger partial charge in [0.25, 0.3) is 0 Å². The van der Waals surface area contributed by atoms with Crippen molar-refractivity contribution in [3.8, 4) is 0 Å². The third-order valence-corrected chi connectivity index (χ3v) is 3.79. The van der Waals surface area contributed by atoms with Gasteiger partial charge in [0.1, 0.15) is 5.51 Å². The summed E-state index contributed by atoms with van der Waals surface area (Å²) < 4.78 is 1.02.